The number of carboxylic acids is 1. The van der Waals surface area contributed by atoms with Crippen molar-refractivity contribution in [1.29, 1.82) is 0 Å². The van der Waals surface area contributed by atoms with Crippen molar-refractivity contribution in [2.45, 2.75) is 26.3 Å². The van der Waals surface area contributed by atoms with Crippen LogP contribution in [0.5, 0.6) is 0 Å². The van der Waals surface area contributed by atoms with Gasteiger partial charge in [0, 0.05) is 6.04 Å². The number of hydrogen-bond donors (Lipinski definition) is 2. The largest absolute Gasteiger partial charge is 0.481 e. The van der Waals surface area contributed by atoms with E-state index in [-0.39, 0.29) is 24.1 Å². The summed E-state index contributed by atoms with van der Waals surface area (Å²) >= 11 is 0. The zero-order chi connectivity index (χ0) is 14.4. The molecule has 0 aliphatic rings. The second-order valence-electron chi connectivity index (χ2n) is 4.39. The predicted molar refractivity (Wildman–Crippen MR) is 67.9 cm³/mol. The second kappa shape index (κ2) is 6.67. The number of rotatable bonds is 6. The first kappa shape index (κ1) is 14.9. The van der Waals surface area contributed by atoms with Gasteiger partial charge in [-0.25, -0.2) is 4.79 Å². The number of carbonyl (C=O) groups excluding carboxylic acids is 1. The molecule has 1 heterocycles. The van der Waals surface area contributed by atoms with Crippen molar-refractivity contribution in [3.05, 3.63) is 17.8 Å². The third kappa shape index (κ3) is 4.53. The second-order valence-corrected chi connectivity index (χ2v) is 4.39. The number of nitrogens with one attached hydrogen (secondary N) is 1. The van der Waals surface area contributed by atoms with E-state index < -0.39 is 11.9 Å². The number of carbonyl (C=O) groups is 2. The van der Waals surface area contributed by atoms with Crippen LogP contribution in [0.15, 0.2) is 12.1 Å². The monoisotopic (exact) mass is 267 g/mol. The Morgan fingerprint density at radius 1 is 1.37 bits per heavy atom. The Morgan fingerprint density at radius 2 is 2.05 bits per heavy atom. The number of anilines is 1. The number of esters is 1. The quantitative estimate of drug-likeness (QED) is 0.746. The minimum atomic E-state index is -0.884. The number of aliphatic carboxylic acids is 1. The van der Waals surface area contributed by atoms with E-state index in [9.17, 15) is 9.59 Å². The molecule has 1 aromatic heterocycles. The van der Waals surface area contributed by atoms with Gasteiger partial charge < -0.3 is 15.2 Å². The van der Waals surface area contributed by atoms with Crippen LogP contribution < -0.4 is 5.32 Å². The lowest BCUT2D eigenvalue weighted by Gasteiger charge is -2.20. The van der Waals surface area contributed by atoms with Gasteiger partial charge in [0.1, 0.15) is 5.82 Å². The fraction of sp³-hybridized carbons (Fsp3) is 0.500. The predicted octanol–water partition coefficient (Wildman–Crippen LogP) is 1.17. The van der Waals surface area contributed by atoms with Crippen molar-refractivity contribution in [2.24, 2.45) is 5.92 Å². The van der Waals surface area contributed by atoms with Crippen LogP contribution in [0.1, 0.15) is 30.8 Å². The number of carboxylic acid groups (broad SMARTS) is 1. The van der Waals surface area contributed by atoms with Crippen LogP contribution in [0.2, 0.25) is 0 Å². The summed E-state index contributed by atoms with van der Waals surface area (Å²) in [5, 5.41) is 19.3. The van der Waals surface area contributed by atoms with E-state index in [1.54, 1.807) is 6.07 Å². The van der Waals surface area contributed by atoms with Crippen molar-refractivity contribution >= 4 is 17.8 Å². The highest BCUT2D eigenvalue weighted by Crippen LogP contribution is 2.13. The van der Waals surface area contributed by atoms with Crippen LogP contribution >= 0.6 is 0 Å². The van der Waals surface area contributed by atoms with Crippen LogP contribution in [0.25, 0.3) is 0 Å². The van der Waals surface area contributed by atoms with Crippen LogP contribution in [-0.4, -0.2) is 40.4 Å². The molecule has 0 spiro atoms. The van der Waals surface area contributed by atoms with E-state index in [2.05, 4.69) is 20.3 Å². The van der Waals surface area contributed by atoms with Crippen molar-refractivity contribution in [3.8, 4) is 0 Å². The molecule has 0 aliphatic heterocycles. The minimum Gasteiger partial charge on any atom is -0.481 e. The fourth-order valence-corrected chi connectivity index (χ4v) is 1.45. The van der Waals surface area contributed by atoms with Crippen molar-refractivity contribution in [3.63, 3.8) is 0 Å². The summed E-state index contributed by atoms with van der Waals surface area (Å²) < 4.78 is 4.51. The van der Waals surface area contributed by atoms with Gasteiger partial charge in [-0.05, 0) is 18.1 Å². The van der Waals surface area contributed by atoms with Gasteiger partial charge in [-0.2, -0.15) is 0 Å². The summed E-state index contributed by atoms with van der Waals surface area (Å²) in [6.07, 6.45) is -0.0158. The molecule has 1 aromatic rings. The van der Waals surface area contributed by atoms with E-state index in [1.165, 1.54) is 13.2 Å². The number of nitrogens with zero attached hydrogens (tertiary/aromatic N) is 2. The molecule has 0 aliphatic carbocycles. The van der Waals surface area contributed by atoms with Gasteiger partial charge >= 0.3 is 11.9 Å². The topological polar surface area (TPSA) is 101 Å². The maximum Gasteiger partial charge on any atom is 0.358 e. The van der Waals surface area contributed by atoms with Crippen LogP contribution in [0, 0.1) is 5.92 Å². The maximum absolute atomic E-state index is 11.2. The van der Waals surface area contributed by atoms with Gasteiger partial charge in [0.2, 0.25) is 0 Å². The van der Waals surface area contributed by atoms with Gasteiger partial charge in [-0.3, -0.25) is 4.79 Å². The van der Waals surface area contributed by atoms with E-state index in [0.29, 0.717) is 5.82 Å². The Bertz CT molecular complexity index is 445. The van der Waals surface area contributed by atoms with E-state index in [1.807, 2.05) is 13.8 Å². The highest BCUT2D eigenvalue weighted by Gasteiger charge is 2.18. The first-order chi connectivity index (χ1) is 8.93. The molecule has 1 rings (SSSR count). The van der Waals surface area contributed by atoms with Gasteiger partial charge in [0.15, 0.2) is 5.69 Å². The highest BCUT2D eigenvalue weighted by atomic mass is 16.5. The summed E-state index contributed by atoms with van der Waals surface area (Å²) in [4.78, 5) is 21.9. The summed E-state index contributed by atoms with van der Waals surface area (Å²) in [6, 6.07) is 2.78. The van der Waals surface area contributed by atoms with E-state index >= 15 is 0 Å². The fourth-order valence-electron chi connectivity index (χ4n) is 1.45. The molecule has 0 amide bonds. The Labute approximate surface area is 111 Å². The van der Waals surface area contributed by atoms with E-state index in [0.717, 1.165) is 0 Å². The third-order valence-corrected chi connectivity index (χ3v) is 2.59. The molecule has 7 heteroatoms. The minimum absolute atomic E-state index is 0.0158. The molecule has 0 fully saturated rings. The van der Waals surface area contributed by atoms with Gasteiger partial charge in [0.05, 0.1) is 13.5 Å². The number of ether oxygens (including phenoxy) is 1. The molecule has 2 N–H and O–H groups in total. The van der Waals surface area contributed by atoms with Crippen LogP contribution in [0.4, 0.5) is 5.82 Å². The Balaban J connectivity index is 2.74. The molecule has 104 valence electrons. The molecule has 0 saturated carbocycles. The van der Waals surface area contributed by atoms with Crippen molar-refractivity contribution < 1.29 is 19.4 Å². The lowest BCUT2D eigenvalue weighted by atomic mass is 10.0. The Kier molecular flexibility index (Phi) is 5.23. The zero-order valence-corrected chi connectivity index (χ0v) is 11.1. The molecule has 1 atom stereocenters. The van der Waals surface area contributed by atoms with Crippen LogP contribution in [0.3, 0.4) is 0 Å². The number of methoxy groups -OCH3 is 1. The highest BCUT2D eigenvalue weighted by molar-refractivity contribution is 5.86. The smallest absolute Gasteiger partial charge is 0.358 e. The summed E-state index contributed by atoms with van der Waals surface area (Å²) in [7, 11) is 1.26. The van der Waals surface area contributed by atoms with Gasteiger partial charge in [-0.1, -0.05) is 13.8 Å². The molecule has 19 heavy (non-hydrogen) atoms. The molecule has 1 unspecified atom stereocenters. The average Bonchev–Trinajstić information content (AvgIpc) is 2.37. The average molecular weight is 267 g/mol. The first-order valence-corrected chi connectivity index (χ1v) is 5.84. The van der Waals surface area contributed by atoms with Gasteiger partial charge in [0.25, 0.3) is 0 Å². The zero-order valence-electron chi connectivity index (χ0n) is 11.1. The summed E-state index contributed by atoms with van der Waals surface area (Å²) in [6.45, 7) is 3.83. The van der Waals surface area contributed by atoms with Crippen molar-refractivity contribution in [1.82, 2.24) is 10.2 Å². The lowest BCUT2D eigenvalue weighted by molar-refractivity contribution is -0.137. The third-order valence-electron chi connectivity index (χ3n) is 2.59. The molecular formula is C12H17N3O4. The van der Waals surface area contributed by atoms with E-state index in [4.69, 9.17) is 5.11 Å². The number of hydrogen-bond acceptors (Lipinski definition) is 6. The molecule has 0 radical (unpaired) electrons. The maximum atomic E-state index is 11.2. The number of aromatic nitrogens is 2. The normalized spacial score (nSPS) is 12.0. The van der Waals surface area contributed by atoms with Gasteiger partial charge in [-0.15, -0.1) is 10.2 Å². The standard InChI is InChI=1S/C12H17N3O4/c1-7(2)9(6-11(16)17)13-10-5-4-8(14-15-10)12(18)19-3/h4-5,7,9H,6H2,1-3H3,(H,13,15)(H,16,17). The summed E-state index contributed by atoms with van der Waals surface area (Å²) in [5.41, 5.74) is 0.104. The first-order valence-electron chi connectivity index (χ1n) is 5.84. The summed E-state index contributed by atoms with van der Waals surface area (Å²) in [5.74, 6) is -0.902. The molecule has 7 nitrogen and oxygen atoms in total. The lowest BCUT2D eigenvalue weighted by Crippen LogP contribution is -2.29. The molecular weight excluding hydrogens is 250 g/mol. The van der Waals surface area contributed by atoms with Crippen molar-refractivity contribution in [2.75, 3.05) is 12.4 Å². The molecule has 0 bridgehead atoms. The molecule has 0 aromatic carbocycles. The Hall–Kier alpha value is -2.18. The SMILES string of the molecule is COC(=O)c1ccc(NC(CC(=O)O)C(C)C)nn1. The van der Waals surface area contributed by atoms with Crippen LogP contribution in [-0.2, 0) is 9.53 Å². The molecule has 0 saturated heterocycles. The Morgan fingerprint density at radius 3 is 2.47 bits per heavy atom.